The van der Waals surface area contributed by atoms with Gasteiger partial charge in [-0.3, -0.25) is 4.79 Å². The van der Waals surface area contributed by atoms with Crippen molar-refractivity contribution < 1.29 is 30.9 Å². The van der Waals surface area contributed by atoms with Crippen molar-refractivity contribution in [1.82, 2.24) is 10.2 Å². The van der Waals surface area contributed by atoms with Gasteiger partial charge in [0.25, 0.3) is 5.22 Å². The molecular weight excluding hydrogens is 472 g/mol. The highest BCUT2D eigenvalue weighted by atomic mass is 79.9. The van der Waals surface area contributed by atoms with E-state index in [9.17, 15) is 4.79 Å². The lowest BCUT2D eigenvalue weighted by Crippen LogP contribution is -3.00. The Bertz CT molecular complexity index is 836. The summed E-state index contributed by atoms with van der Waals surface area (Å²) < 4.78 is 11.6. The van der Waals surface area contributed by atoms with E-state index >= 15 is 0 Å². The van der Waals surface area contributed by atoms with Crippen LogP contribution in [0, 0.1) is 0 Å². The Hall–Kier alpha value is -1.64. The van der Waals surface area contributed by atoms with Crippen LogP contribution in [0.1, 0.15) is 10.4 Å². The second-order valence-corrected chi connectivity index (χ2v) is 6.66. The Kier molecular flexibility index (Phi) is 7.22. The minimum absolute atomic E-state index is 0. The molecule has 0 fully saturated rings. The largest absolute Gasteiger partial charge is 1.00 e. The molecule has 3 rings (SSSR count). The zero-order chi connectivity index (χ0) is 16.9. The van der Waals surface area contributed by atoms with Crippen LogP contribution in [-0.2, 0) is 0 Å². The first kappa shape index (κ1) is 19.7. The molecule has 0 spiro atoms. The van der Waals surface area contributed by atoms with Crippen molar-refractivity contribution in [1.29, 1.82) is 0 Å². The monoisotopic (exact) mass is 483 g/mol. The predicted molar refractivity (Wildman–Crippen MR) is 95.5 cm³/mol. The summed E-state index contributed by atoms with van der Waals surface area (Å²) in [6, 6.07) is 14.6. The zero-order valence-electron chi connectivity index (χ0n) is 13.1. The highest BCUT2D eigenvalue weighted by Gasteiger charge is 2.12. The molecule has 0 unspecified atom stereocenters. The molecule has 0 saturated carbocycles. The number of halogens is 2. The average Bonchev–Trinajstić information content (AvgIpc) is 3.09. The van der Waals surface area contributed by atoms with Crippen molar-refractivity contribution in [2.75, 3.05) is 12.9 Å². The van der Waals surface area contributed by atoms with Crippen molar-refractivity contribution in [2.24, 2.45) is 0 Å². The van der Waals surface area contributed by atoms with E-state index in [1.54, 1.807) is 31.4 Å². The van der Waals surface area contributed by atoms with Crippen LogP contribution in [0.3, 0.4) is 0 Å². The number of nitrogens with zero attached hydrogens (tertiary/aromatic N) is 2. The molecule has 5 nitrogen and oxygen atoms in total. The van der Waals surface area contributed by atoms with Crippen molar-refractivity contribution in [3.63, 3.8) is 0 Å². The summed E-state index contributed by atoms with van der Waals surface area (Å²) >= 11 is 4.60. The van der Waals surface area contributed by atoms with Crippen LogP contribution >= 0.6 is 27.7 Å². The van der Waals surface area contributed by atoms with Gasteiger partial charge in [0.15, 0.2) is 5.78 Å². The number of carbonyl (C=O) groups is 1. The number of Topliss-reactive ketones (excluding diaryl/α,β-unsaturated/α-hetero) is 1. The average molecular weight is 485 g/mol. The maximum absolute atomic E-state index is 12.2. The predicted octanol–water partition coefficient (Wildman–Crippen LogP) is 1.49. The fourth-order valence-electron chi connectivity index (χ4n) is 1.96. The summed E-state index contributed by atoms with van der Waals surface area (Å²) in [6.07, 6.45) is 0. The number of benzene rings is 2. The first-order chi connectivity index (χ1) is 11.7. The number of hydrogen-bond acceptors (Lipinski definition) is 6. The molecule has 0 aliphatic carbocycles. The van der Waals surface area contributed by atoms with E-state index in [2.05, 4.69) is 26.1 Å². The molecule has 1 aromatic heterocycles. The highest BCUT2D eigenvalue weighted by Crippen LogP contribution is 2.25. The van der Waals surface area contributed by atoms with Gasteiger partial charge in [-0.15, -0.1) is 10.2 Å². The molecule has 0 amide bonds. The van der Waals surface area contributed by atoms with Crippen LogP contribution in [0.15, 0.2) is 62.6 Å². The summed E-state index contributed by atoms with van der Waals surface area (Å²) in [5, 5.41) is 8.35. The van der Waals surface area contributed by atoms with Crippen LogP contribution in [0.25, 0.3) is 11.5 Å². The van der Waals surface area contributed by atoms with E-state index < -0.39 is 0 Å². The smallest absolute Gasteiger partial charge is 0.277 e. The summed E-state index contributed by atoms with van der Waals surface area (Å²) in [5.41, 5.74) is 1.45. The molecule has 130 valence electrons. The van der Waals surface area contributed by atoms with E-state index in [1.165, 1.54) is 11.8 Å². The second kappa shape index (κ2) is 9.17. The van der Waals surface area contributed by atoms with Gasteiger partial charge in [-0.1, -0.05) is 27.7 Å². The van der Waals surface area contributed by atoms with Gasteiger partial charge in [-0.25, -0.2) is 0 Å². The van der Waals surface area contributed by atoms with E-state index in [0.29, 0.717) is 16.7 Å². The zero-order valence-corrected chi connectivity index (χ0v) is 17.1. The fourth-order valence-corrected chi connectivity index (χ4v) is 2.89. The SMILES string of the molecule is COc1ccc(C(=O)CSc2nnc(-c3ccc(Br)cc3)o2)cc1.[Br-]. The van der Waals surface area contributed by atoms with E-state index in [1.807, 2.05) is 24.3 Å². The Labute approximate surface area is 168 Å². The molecule has 0 bridgehead atoms. The number of ketones is 1. The number of aromatic nitrogens is 2. The van der Waals surface area contributed by atoms with Gasteiger partial charge >= 0.3 is 0 Å². The maximum atomic E-state index is 12.2. The minimum Gasteiger partial charge on any atom is -1.00 e. The summed E-state index contributed by atoms with van der Waals surface area (Å²) in [4.78, 5) is 12.2. The summed E-state index contributed by atoms with van der Waals surface area (Å²) in [5.74, 6) is 1.37. The molecule has 0 atom stereocenters. The molecule has 3 aromatic rings. The lowest BCUT2D eigenvalue weighted by molar-refractivity contribution is -0.0000133. The van der Waals surface area contributed by atoms with Gasteiger partial charge < -0.3 is 26.1 Å². The second-order valence-electron chi connectivity index (χ2n) is 4.82. The lowest BCUT2D eigenvalue weighted by atomic mass is 10.1. The van der Waals surface area contributed by atoms with E-state index in [0.717, 1.165) is 15.8 Å². The molecule has 0 radical (unpaired) electrons. The first-order valence-corrected chi connectivity index (χ1v) is 8.83. The molecular formula is C17H13Br2N2O3S-. The number of hydrogen-bond donors (Lipinski definition) is 0. The third kappa shape index (κ3) is 5.17. The molecule has 2 aromatic carbocycles. The molecule has 0 aliphatic heterocycles. The number of carbonyl (C=O) groups excluding carboxylic acids is 1. The van der Waals surface area contributed by atoms with Crippen molar-refractivity contribution in [2.45, 2.75) is 5.22 Å². The standard InChI is InChI=1S/C17H13BrN2O3S.BrH/c1-22-14-8-4-11(5-9-14)15(21)10-24-17-20-19-16(23-17)12-2-6-13(18)7-3-12;/h2-9H,10H2,1H3;1H/p-1. The highest BCUT2D eigenvalue weighted by molar-refractivity contribution is 9.10. The number of ether oxygens (including phenoxy) is 1. The Morgan fingerprint density at radius 3 is 2.44 bits per heavy atom. The summed E-state index contributed by atoms with van der Waals surface area (Å²) in [7, 11) is 1.59. The third-order valence-corrected chi connectivity index (χ3v) is 4.58. The van der Waals surface area contributed by atoms with Crippen LogP contribution in [0.5, 0.6) is 5.75 Å². The number of rotatable bonds is 6. The number of thioether (sulfide) groups is 1. The van der Waals surface area contributed by atoms with Crippen LogP contribution < -0.4 is 21.7 Å². The molecule has 1 heterocycles. The minimum atomic E-state index is -0.00829. The first-order valence-electron chi connectivity index (χ1n) is 7.05. The van der Waals surface area contributed by atoms with Crippen molar-refractivity contribution in [3.05, 3.63) is 58.6 Å². The van der Waals surface area contributed by atoms with Gasteiger partial charge in [0.05, 0.1) is 12.9 Å². The Morgan fingerprint density at radius 2 is 1.80 bits per heavy atom. The van der Waals surface area contributed by atoms with Gasteiger partial charge in [-0.05, 0) is 48.5 Å². The Balaban J connectivity index is 0.00000225. The maximum Gasteiger partial charge on any atom is 0.277 e. The Morgan fingerprint density at radius 1 is 1.12 bits per heavy atom. The van der Waals surface area contributed by atoms with E-state index in [4.69, 9.17) is 9.15 Å². The summed E-state index contributed by atoms with van der Waals surface area (Å²) in [6.45, 7) is 0. The van der Waals surface area contributed by atoms with Crippen molar-refractivity contribution >= 4 is 33.5 Å². The van der Waals surface area contributed by atoms with Gasteiger partial charge in [0.2, 0.25) is 5.89 Å². The quantitative estimate of drug-likeness (QED) is 0.390. The van der Waals surface area contributed by atoms with Crippen LogP contribution in [0.4, 0.5) is 0 Å². The van der Waals surface area contributed by atoms with Gasteiger partial charge in [-0.2, -0.15) is 0 Å². The molecule has 0 N–H and O–H groups in total. The van der Waals surface area contributed by atoms with Crippen molar-refractivity contribution in [3.8, 4) is 17.2 Å². The van der Waals surface area contributed by atoms with Gasteiger partial charge in [0, 0.05) is 15.6 Å². The van der Waals surface area contributed by atoms with Crippen LogP contribution in [0.2, 0.25) is 0 Å². The molecule has 25 heavy (non-hydrogen) atoms. The topological polar surface area (TPSA) is 65.2 Å². The van der Waals surface area contributed by atoms with E-state index in [-0.39, 0.29) is 28.5 Å². The normalized spacial score (nSPS) is 10.2. The fraction of sp³-hybridized carbons (Fsp3) is 0.118. The molecule has 0 saturated heterocycles. The number of methoxy groups -OCH3 is 1. The van der Waals surface area contributed by atoms with Crippen LogP contribution in [-0.4, -0.2) is 28.8 Å². The lowest BCUT2D eigenvalue weighted by Gasteiger charge is -2.01. The molecule has 8 heteroatoms. The molecule has 0 aliphatic rings. The third-order valence-electron chi connectivity index (χ3n) is 3.24. The van der Waals surface area contributed by atoms with Gasteiger partial charge in [0.1, 0.15) is 5.75 Å².